The van der Waals surface area contributed by atoms with E-state index in [0.717, 1.165) is 17.0 Å². The highest BCUT2D eigenvalue weighted by Gasteiger charge is 2.31. The van der Waals surface area contributed by atoms with Gasteiger partial charge in [0.1, 0.15) is 5.75 Å². The van der Waals surface area contributed by atoms with Crippen molar-refractivity contribution in [2.24, 2.45) is 0 Å². The highest BCUT2D eigenvalue weighted by molar-refractivity contribution is 5.90. The van der Waals surface area contributed by atoms with E-state index in [2.05, 4.69) is 5.32 Å². The summed E-state index contributed by atoms with van der Waals surface area (Å²) in [7, 11) is 2.86. The van der Waals surface area contributed by atoms with Crippen LogP contribution in [-0.2, 0) is 6.18 Å². The third-order valence-electron chi connectivity index (χ3n) is 1.97. The zero-order valence-corrected chi connectivity index (χ0v) is 9.17. The molecule has 0 aliphatic heterocycles. The van der Waals surface area contributed by atoms with Gasteiger partial charge in [0.15, 0.2) is 0 Å². The van der Waals surface area contributed by atoms with Crippen molar-refractivity contribution in [2.75, 3.05) is 19.4 Å². The summed E-state index contributed by atoms with van der Waals surface area (Å²) in [5.41, 5.74) is -1.22. The fourth-order valence-corrected chi connectivity index (χ4v) is 1.04. The predicted octanol–water partition coefficient (Wildman–Crippen LogP) is 2.50. The molecule has 0 unspecified atom stereocenters. The van der Waals surface area contributed by atoms with Crippen molar-refractivity contribution in [1.29, 1.82) is 0 Å². The maximum atomic E-state index is 12.4. The molecule has 2 amide bonds. The summed E-state index contributed by atoms with van der Waals surface area (Å²) in [4.78, 5) is 12.4. The smallest absolute Gasteiger partial charge is 0.416 e. The Balaban J connectivity index is 3.03. The van der Waals surface area contributed by atoms with Gasteiger partial charge in [-0.1, -0.05) is 0 Å². The van der Waals surface area contributed by atoms with Gasteiger partial charge in [-0.05, 0) is 18.2 Å². The van der Waals surface area contributed by atoms with Crippen molar-refractivity contribution in [3.05, 3.63) is 23.8 Å². The molecule has 1 rings (SSSR count). The normalized spacial score (nSPS) is 11.1. The van der Waals surface area contributed by atoms with Crippen LogP contribution in [0.5, 0.6) is 5.75 Å². The van der Waals surface area contributed by atoms with Crippen LogP contribution in [0.15, 0.2) is 18.2 Å². The number of benzene rings is 1. The molecule has 17 heavy (non-hydrogen) atoms. The molecule has 0 aromatic heterocycles. The fourth-order valence-electron chi connectivity index (χ4n) is 1.04. The van der Waals surface area contributed by atoms with Crippen LogP contribution < -0.4 is 5.32 Å². The van der Waals surface area contributed by atoms with Gasteiger partial charge in [0, 0.05) is 14.1 Å². The monoisotopic (exact) mass is 248 g/mol. The number of rotatable bonds is 1. The van der Waals surface area contributed by atoms with E-state index in [9.17, 15) is 23.1 Å². The van der Waals surface area contributed by atoms with Crippen molar-refractivity contribution in [1.82, 2.24) is 4.90 Å². The Bertz CT molecular complexity index is 430. The van der Waals surface area contributed by atoms with E-state index in [0.29, 0.717) is 6.07 Å². The minimum atomic E-state index is -4.52. The Labute approximate surface area is 95.7 Å². The minimum Gasteiger partial charge on any atom is -0.506 e. The highest BCUT2D eigenvalue weighted by Crippen LogP contribution is 2.34. The summed E-state index contributed by atoms with van der Waals surface area (Å²) in [6.45, 7) is 0. The number of amides is 2. The molecule has 1 aromatic carbocycles. The second kappa shape index (κ2) is 4.52. The Hall–Kier alpha value is -1.92. The second-order valence-corrected chi connectivity index (χ2v) is 3.55. The lowest BCUT2D eigenvalue weighted by Gasteiger charge is -2.14. The van der Waals surface area contributed by atoms with E-state index in [1.54, 1.807) is 0 Å². The van der Waals surface area contributed by atoms with Crippen LogP contribution in [0.25, 0.3) is 0 Å². The molecule has 7 heteroatoms. The van der Waals surface area contributed by atoms with E-state index in [1.807, 2.05) is 0 Å². The number of aromatic hydroxyl groups is 1. The summed E-state index contributed by atoms with van der Waals surface area (Å²) in [5.74, 6) is -0.423. The van der Waals surface area contributed by atoms with Crippen molar-refractivity contribution in [3.63, 3.8) is 0 Å². The molecule has 0 radical (unpaired) electrons. The van der Waals surface area contributed by atoms with Gasteiger partial charge in [0.2, 0.25) is 0 Å². The van der Waals surface area contributed by atoms with Crippen LogP contribution in [0.4, 0.5) is 23.7 Å². The molecule has 0 spiro atoms. The first kappa shape index (κ1) is 13.1. The van der Waals surface area contributed by atoms with Gasteiger partial charge in [-0.25, -0.2) is 4.79 Å². The Kier molecular flexibility index (Phi) is 3.50. The van der Waals surface area contributed by atoms with Gasteiger partial charge < -0.3 is 15.3 Å². The molecule has 0 bridgehead atoms. The third-order valence-corrected chi connectivity index (χ3v) is 1.97. The lowest BCUT2D eigenvalue weighted by molar-refractivity contribution is -0.137. The maximum Gasteiger partial charge on any atom is 0.416 e. The summed E-state index contributed by atoms with van der Waals surface area (Å²) >= 11 is 0. The molecule has 0 heterocycles. The van der Waals surface area contributed by atoms with E-state index in [1.165, 1.54) is 14.1 Å². The predicted molar refractivity (Wildman–Crippen MR) is 55.8 cm³/mol. The Morgan fingerprint density at radius 3 is 2.41 bits per heavy atom. The number of phenolic OH excluding ortho intramolecular Hbond substituents is 1. The van der Waals surface area contributed by atoms with Crippen LogP contribution in [0.2, 0.25) is 0 Å². The minimum absolute atomic E-state index is 0.279. The van der Waals surface area contributed by atoms with Gasteiger partial charge in [0.05, 0.1) is 11.3 Å². The molecule has 1 aromatic rings. The fraction of sp³-hybridized carbons (Fsp3) is 0.300. The maximum absolute atomic E-state index is 12.4. The SMILES string of the molecule is CN(C)C(=O)Nc1cc(C(F)(F)F)ccc1O. The number of alkyl halides is 3. The molecule has 2 N–H and O–H groups in total. The number of carbonyl (C=O) groups excluding carboxylic acids is 1. The first-order valence-corrected chi connectivity index (χ1v) is 4.60. The van der Waals surface area contributed by atoms with Crippen molar-refractivity contribution in [3.8, 4) is 5.75 Å². The quantitative estimate of drug-likeness (QED) is 0.750. The second-order valence-electron chi connectivity index (χ2n) is 3.55. The average molecular weight is 248 g/mol. The van der Waals surface area contributed by atoms with Crippen LogP contribution in [0, 0.1) is 0 Å². The van der Waals surface area contributed by atoms with E-state index >= 15 is 0 Å². The number of anilines is 1. The lowest BCUT2D eigenvalue weighted by Crippen LogP contribution is -2.27. The standard InChI is InChI=1S/C10H11F3N2O2/c1-15(2)9(17)14-7-5-6(10(11,12)13)3-4-8(7)16/h3-5,16H,1-2H3,(H,14,17). The number of carbonyl (C=O) groups is 1. The van der Waals surface area contributed by atoms with Crippen LogP contribution in [0.1, 0.15) is 5.56 Å². The van der Waals surface area contributed by atoms with Gasteiger partial charge in [-0.3, -0.25) is 0 Å². The molecule has 0 fully saturated rings. The van der Waals surface area contributed by atoms with Gasteiger partial charge in [0.25, 0.3) is 0 Å². The van der Waals surface area contributed by atoms with Crippen molar-refractivity contribution < 1.29 is 23.1 Å². The molecule has 0 saturated carbocycles. The van der Waals surface area contributed by atoms with E-state index in [4.69, 9.17) is 0 Å². The largest absolute Gasteiger partial charge is 0.506 e. The summed E-state index contributed by atoms with van der Waals surface area (Å²) in [5, 5.41) is 11.5. The van der Waals surface area contributed by atoms with Gasteiger partial charge in [-0.15, -0.1) is 0 Å². The molecule has 0 aliphatic rings. The molecule has 4 nitrogen and oxygen atoms in total. The summed E-state index contributed by atoms with van der Waals surface area (Å²) in [6, 6.07) is 1.67. The molecule has 0 saturated heterocycles. The van der Waals surface area contributed by atoms with E-state index in [-0.39, 0.29) is 5.69 Å². The third kappa shape index (κ3) is 3.27. The number of hydrogen-bond donors (Lipinski definition) is 2. The van der Waals surface area contributed by atoms with Crippen LogP contribution in [0.3, 0.4) is 0 Å². The number of nitrogens with zero attached hydrogens (tertiary/aromatic N) is 1. The Morgan fingerprint density at radius 2 is 1.94 bits per heavy atom. The molecule has 94 valence electrons. The van der Waals surface area contributed by atoms with Crippen molar-refractivity contribution in [2.45, 2.75) is 6.18 Å². The average Bonchev–Trinajstić information content (AvgIpc) is 2.19. The molecule has 0 atom stereocenters. The van der Waals surface area contributed by atoms with Gasteiger partial charge in [-0.2, -0.15) is 13.2 Å². The number of urea groups is 1. The lowest BCUT2D eigenvalue weighted by atomic mass is 10.2. The highest BCUT2D eigenvalue weighted by atomic mass is 19.4. The number of halogens is 3. The van der Waals surface area contributed by atoms with Crippen molar-refractivity contribution >= 4 is 11.7 Å². The van der Waals surface area contributed by atoms with E-state index < -0.39 is 23.5 Å². The number of hydrogen-bond acceptors (Lipinski definition) is 2. The zero-order valence-electron chi connectivity index (χ0n) is 9.17. The molecular weight excluding hydrogens is 237 g/mol. The zero-order chi connectivity index (χ0) is 13.2. The van der Waals surface area contributed by atoms with Gasteiger partial charge >= 0.3 is 12.2 Å². The first-order valence-electron chi connectivity index (χ1n) is 4.60. The number of phenols is 1. The summed E-state index contributed by atoms with van der Waals surface area (Å²) < 4.78 is 37.2. The van der Waals surface area contributed by atoms with Crippen LogP contribution >= 0.6 is 0 Å². The molecule has 0 aliphatic carbocycles. The number of nitrogens with one attached hydrogen (secondary N) is 1. The summed E-state index contributed by atoms with van der Waals surface area (Å²) in [6.07, 6.45) is -4.52. The topological polar surface area (TPSA) is 52.6 Å². The first-order chi connectivity index (χ1) is 7.71. The molecular formula is C10H11F3N2O2. The Morgan fingerprint density at radius 1 is 1.35 bits per heavy atom. The van der Waals surface area contributed by atoms with Crippen LogP contribution in [-0.4, -0.2) is 30.1 Å².